The van der Waals surface area contributed by atoms with Crippen molar-refractivity contribution in [3.8, 4) is 5.75 Å². The van der Waals surface area contributed by atoms with Crippen LogP contribution in [0.1, 0.15) is 0 Å². The van der Waals surface area contributed by atoms with Crippen LogP contribution >= 0.6 is 11.8 Å². The van der Waals surface area contributed by atoms with Gasteiger partial charge in [0.15, 0.2) is 6.61 Å². The summed E-state index contributed by atoms with van der Waals surface area (Å²) in [7, 11) is 1.53. The molecule has 0 heterocycles. The number of methoxy groups -OCH3 is 1. The van der Waals surface area contributed by atoms with Crippen molar-refractivity contribution in [2.24, 2.45) is 0 Å². The maximum absolute atomic E-state index is 13.4. The van der Waals surface area contributed by atoms with Gasteiger partial charge in [-0.3, -0.25) is 9.59 Å². The van der Waals surface area contributed by atoms with Crippen LogP contribution in [0.4, 0.5) is 14.5 Å². The Morgan fingerprint density at radius 1 is 1.12 bits per heavy atom. The number of carbonyl (C=O) groups excluding carboxylic acids is 2. The molecule has 2 aromatic rings. The second kappa shape index (κ2) is 9.03. The summed E-state index contributed by atoms with van der Waals surface area (Å²) in [5.41, 5.74) is 0.526. The highest BCUT2D eigenvalue weighted by Crippen LogP contribution is 2.22. The summed E-state index contributed by atoms with van der Waals surface area (Å²) in [4.78, 5) is 23.3. The fourth-order valence-corrected chi connectivity index (χ4v) is 2.54. The van der Waals surface area contributed by atoms with Gasteiger partial charge < -0.3 is 14.8 Å². The van der Waals surface area contributed by atoms with Crippen LogP contribution in [-0.4, -0.2) is 31.3 Å². The van der Waals surface area contributed by atoms with Crippen LogP contribution in [0.2, 0.25) is 0 Å². The van der Waals surface area contributed by atoms with Crippen molar-refractivity contribution in [1.29, 1.82) is 0 Å². The van der Waals surface area contributed by atoms with Gasteiger partial charge in [-0.15, -0.1) is 11.8 Å². The average Bonchev–Trinajstić information content (AvgIpc) is 2.61. The van der Waals surface area contributed by atoms with Gasteiger partial charge >= 0.3 is 5.97 Å². The third kappa shape index (κ3) is 6.07. The number of esters is 1. The Labute approximate surface area is 147 Å². The second-order valence-corrected chi connectivity index (χ2v) is 5.82. The number of rotatable bonds is 7. The van der Waals surface area contributed by atoms with E-state index in [1.165, 1.54) is 7.11 Å². The standard InChI is InChI=1S/C17H15F2NO4S/c1-23-13-5-3-12(4-6-13)20-16(21)9-24-17(22)10-25-15-8-11(18)2-7-14(15)19/h2-8H,9-10H2,1H3,(H,20,21). The Kier molecular flexibility index (Phi) is 6.76. The number of amides is 1. The van der Waals surface area contributed by atoms with Crippen LogP contribution in [0.25, 0.3) is 0 Å². The molecule has 0 aliphatic rings. The SMILES string of the molecule is COc1ccc(NC(=O)COC(=O)CSc2cc(F)ccc2F)cc1. The van der Waals surface area contributed by atoms with Crippen molar-refractivity contribution in [1.82, 2.24) is 0 Å². The van der Waals surface area contributed by atoms with E-state index in [1.807, 2.05) is 0 Å². The Hall–Kier alpha value is -2.61. The molecule has 0 aromatic heterocycles. The summed E-state index contributed by atoms with van der Waals surface area (Å²) in [6.45, 7) is -0.475. The van der Waals surface area contributed by atoms with E-state index in [4.69, 9.17) is 9.47 Å². The van der Waals surface area contributed by atoms with Crippen molar-refractivity contribution >= 4 is 29.3 Å². The highest BCUT2D eigenvalue weighted by atomic mass is 32.2. The Morgan fingerprint density at radius 3 is 2.52 bits per heavy atom. The molecule has 8 heteroatoms. The number of thioether (sulfide) groups is 1. The van der Waals surface area contributed by atoms with Crippen molar-refractivity contribution < 1.29 is 27.8 Å². The third-order valence-electron chi connectivity index (χ3n) is 2.98. The molecule has 132 valence electrons. The van der Waals surface area contributed by atoms with Gasteiger partial charge in [-0.2, -0.15) is 0 Å². The molecule has 5 nitrogen and oxygen atoms in total. The number of anilines is 1. The van der Waals surface area contributed by atoms with Crippen LogP contribution in [0.15, 0.2) is 47.4 Å². The van der Waals surface area contributed by atoms with Crippen LogP contribution in [0.3, 0.4) is 0 Å². The van der Waals surface area contributed by atoms with Crippen LogP contribution < -0.4 is 10.1 Å². The van der Waals surface area contributed by atoms with Crippen molar-refractivity contribution in [2.75, 3.05) is 24.8 Å². The summed E-state index contributed by atoms with van der Waals surface area (Å²) < 4.78 is 36.2. The maximum Gasteiger partial charge on any atom is 0.316 e. The number of hydrogen-bond acceptors (Lipinski definition) is 5. The lowest BCUT2D eigenvalue weighted by Crippen LogP contribution is -2.21. The van der Waals surface area contributed by atoms with E-state index in [0.29, 0.717) is 11.4 Å². The number of nitrogens with one attached hydrogen (secondary N) is 1. The van der Waals surface area contributed by atoms with E-state index in [0.717, 1.165) is 30.0 Å². The summed E-state index contributed by atoms with van der Waals surface area (Å²) in [6, 6.07) is 9.58. The molecule has 0 atom stereocenters. The molecular weight excluding hydrogens is 352 g/mol. The first-order chi connectivity index (χ1) is 12.0. The number of halogens is 2. The van der Waals surface area contributed by atoms with Gasteiger partial charge in [-0.25, -0.2) is 8.78 Å². The lowest BCUT2D eigenvalue weighted by atomic mass is 10.3. The summed E-state index contributed by atoms with van der Waals surface area (Å²) in [5, 5.41) is 2.55. The van der Waals surface area contributed by atoms with Gasteiger partial charge in [0.25, 0.3) is 5.91 Å². The molecule has 2 rings (SSSR count). The van der Waals surface area contributed by atoms with Gasteiger partial charge in [0.1, 0.15) is 17.4 Å². The topological polar surface area (TPSA) is 64.6 Å². The van der Waals surface area contributed by atoms with Gasteiger partial charge in [0, 0.05) is 10.6 Å². The fraction of sp³-hybridized carbons (Fsp3) is 0.176. The Morgan fingerprint density at radius 2 is 1.84 bits per heavy atom. The molecule has 0 aliphatic heterocycles. The first kappa shape index (κ1) is 18.7. The van der Waals surface area contributed by atoms with E-state index in [2.05, 4.69) is 5.32 Å². The van der Waals surface area contributed by atoms with Crippen LogP contribution in [-0.2, 0) is 14.3 Å². The lowest BCUT2D eigenvalue weighted by Gasteiger charge is -2.07. The molecule has 0 bridgehead atoms. The Balaban J connectivity index is 1.75. The third-order valence-corrected chi connectivity index (χ3v) is 3.98. The normalized spacial score (nSPS) is 10.2. The maximum atomic E-state index is 13.4. The molecule has 0 radical (unpaired) electrons. The van der Waals surface area contributed by atoms with Crippen molar-refractivity contribution in [3.63, 3.8) is 0 Å². The molecule has 2 aromatic carbocycles. The average molecular weight is 367 g/mol. The van der Waals surface area contributed by atoms with Gasteiger partial charge in [-0.05, 0) is 42.5 Å². The molecule has 0 unspecified atom stereocenters. The molecule has 0 aliphatic carbocycles. The molecule has 25 heavy (non-hydrogen) atoms. The van der Waals surface area contributed by atoms with Crippen LogP contribution in [0, 0.1) is 11.6 Å². The van der Waals surface area contributed by atoms with E-state index in [1.54, 1.807) is 24.3 Å². The molecule has 1 amide bonds. The minimum absolute atomic E-state index is 0.000339. The first-order valence-electron chi connectivity index (χ1n) is 7.15. The van der Waals surface area contributed by atoms with Crippen LogP contribution in [0.5, 0.6) is 5.75 Å². The van der Waals surface area contributed by atoms with E-state index in [9.17, 15) is 18.4 Å². The summed E-state index contributed by atoms with van der Waals surface area (Å²) in [6.07, 6.45) is 0. The smallest absolute Gasteiger partial charge is 0.316 e. The zero-order valence-corrected chi connectivity index (χ0v) is 14.1. The fourth-order valence-electron chi connectivity index (χ4n) is 1.78. The van der Waals surface area contributed by atoms with E-state index >= 15 is 0 Å². The Bertz CT molecular complexity index is 753. The molecule has 1 N–H and O–H groups in total. The van der Waals surface area contributed by atoms with E-state index < -0.39 is 30.1 Å². The van der Waals surface area contributed by atoms with Crippen molar-refractivity contribution in [3.05, 3.63) is 54.1 Å². The van der Waals surface area contributed by atoms with Gasteiger partial charge in [-0.1, -0.05) is 0 Å². The minimum atomic E-state index is -0.710. The summed E-state index contributed by atoms with van der Waals surface area (Å²) >= 11 is 0.794. The quantitative estimate of drug-likeness (QED) is 0.601. The summed E-state index contributed by atoms with van der Waals surface area (Å²) in [5.74, 6) is -2.05. The zero-order valence-electron chi connectivity index (χ0n) is 13.3. The number of hydrogen-bond donors (Lipinski definition) is 1. The van der Waals surface area contributed by atoms with E-state index in [-0.39, 0.29) is 10.6 Å². The second-order valence-electron chi connectivity index (χ2n) is 4.80. The monoisotopic (exact) mass is 367 g/mol. The predicted molar refractivity (Wildman–Crippen MR) is 89.7 cm³/mol. The highest BCUT2D eigenvalue weighted by molar-refractivity contribution is 8.00. The number of ether oxygens (including phenoxy) is 2. The largest absolute Gasteiger partial charge is 0.497 e. The molecule has 0 spiro atoms. The number of carbonyl (C=O) groups is 2. The predicted octanol–water partition coefficient (Wildman–Crippen LogP) is 3.25. The zero-order chi connectivity index (χ0) is 18.2. The first-order valence-corrected chi connectivity index (χ1v) is 8.14. The molecule has 0 fully saturated rings. The van der Waals surface area contributed by atoms with Crippen molar-refractivity contribution in [2.45, 2.75) is 4.90 Å². The number of benzene rings is 2. The molecular formula is C17H15F2NO4S. The molecule has 0 saturated heterocycles. The van der Waals surface area contributed by atoms with Gasteiger partial charge in [0.05, 0.1) is 12.9 Å². The minimum Gasteiger partial charge on any atom is -0.497 e. The lowest BCUT2D eigenvalue weighted by molar-refractivity contribution is -0.144. The van der Waals surface area contributed by atoms with Gasteiger partial charge in [0.2, 0.25) is 0 Å². The highest BCUT2D eigenvalue weighted by Gasteiger charge is 2.11. The molecule has 0 saturated carbocycles.